The molecule has 0 saturated carbocycles. The quantitative estimate of drug-likeness (QED) is 0.290. The number of carboxylic acid groups (broad SMARTS) is 1. The van der Waals surface area contributed by atoms with Gasteiger partial charge in [-0.25, -0.2) is 14.4 Å². The lowest BCUT2D eigenvalue weighted by Crippen LogP contribution is -2.23. The van der Waals surface area contributed by atoms with E-state index in [-0.39, 0.29) is 27.6 Å². The first-order valence-corrected chi connectivity index (χ1v) is 9.06. The number of hydrogen-bond acceptors (Lipinski definition) is 5. The third kappa shape index (κ3) is 5.50. The standard InChI is InChI=1S/C17H19Cl3O6/c1-4-8(3)9(5-2)7-25-16(23)12-13(20)10(18)6-11(19)14(12)26-17(24)15(21)22/h6,8-9H,4-5,7H2,1-3H3,(H,21,22). The Balaban J connectivity index is 3.18. The van der Waals surface area contributed by atoms with E-state index >= 15 is 0 Å². The van der Waals surface area contributed by atoms with Gasteiger partial charge in [0.25, 0.3) is 0 Å². The summed E-state index contributed by atoms with van der Waals surface area (Å²) in [7, 11) is 0. The molecule has 0 aromatic heterocycles. The molecule has 1 aromatic carbocycles. The van der Waals surface area contributed by atoms with Crippen LogP contribution in [0.5, 0.6) is 5.75 Å². The van der Waals surface area contributed by atoms with Crippen molar-refractivity contribution >= 4 is 52.7 Å². The second kappa shape index (κ2) is 10.00. The highest BCUT2D eigenvalue weighted by molar-refractivity contribution is 6.46. The highest BCUT2D eigenvalue weighted by Gasteiger charge is 2.28. The number of ether oxygens (including phenoxy) is 2. The van der Waals surface area contributed by atoms with Crippen LogP contribution >= 0.6 is 34.8 Å². The van der Waals surface area contributed by atoms with E-state index in [4.69, 9.17) is 44.6 Å². The van der Waals surface area contributed by atoms with Crippen molar-refractivity contribution < 1.29 is 29.0 Å². The molecule has 0 aliphatic heterocycles. The lowest BCUT2D eigenvalue weighted by molar-refractivity contribution is -0.158. The Hall–Kier alpha value is -1.50. The first kappa shape index (κ1) is 22.5. The van der Waals surface area contributed by atoms with E-state index in [1.54, 1.807) is 0 Å². The first-order valence-electron chi connectivity index (χ1n) is 7.93. The number of carbonyl (C=O) groups excluding carboxylic acids is 2. The summed E-state index contributed by atoms with van der Waals surface area (Å²) in [5.41, 5.74) is -0.391. The number of carboxylic acids is 1. The van der Waals surface area contributed by atoms with Gasteiger partial charge in [0.2, 0.25) is 0 Å². The van der Waals surface area contributed by atoms with Crippen molar-refractivity contribution in [1.82, 2.24) is 0 Å². The van der Waals surface area contributed by atoms with Gasteiger partial charge in [-0.15, -0.1) is 0 Å². The van der Waals surface area contributed by atoms with Gasteiger partial charge in [-0.05, 0) is 24.3 Å². The minimum absolute atomic E-state index is 0.0623. The number of halogens is 3. The topological polar surface area (TPSA) is 89.9 Å². The predicted octanol–water partition coefficient (Wildman–Crippen LogP) is 4.87. The molecule has 0 amide bonds. The molecule has 0 saturated heterocycles. The van der Waals surface area contributed by atoms with Crippen LogP contribution in [0.4, 0.5) is 0 Å². The van der Waals surface area contributed by atoms with Crippen molar-refractivity contribution in [3.63, 3.8) is 0 Å². The monoisotopic (exact) mass is 424 g/mol. The minimum Gasteiger partial charge on any atom is -0.473 e. The number of esters is 2. The highest BCUT2D eigenvalue weighted by Crippen LogP contribution is 2.40. The van der Waals surface area contributed by atoms with Crippen LogP contribution in [0.15, 0.2) is 6.07 Å². The Morgan fingerprint density at radius 1 is 1.12 bits per heavy atom. The van der Waals surface area contributed by atoms with Gasteiger partial charge in [0, 0.05) is 0 Å². The lowest BCUT2D eigenvalue weighted by atomic mass is 9.90. The highest BCUT2D eigenvalue weighted by atomic mass is 35.5. The molecule has 9 heteroatoms. The number of rotatable bonds is 7. The van der Waals surface area contributed by atoms with Crippen LogP contribution in [-0.4, -0.2) is 29.6 Å². The molecule has 2 unspecified atom stereocenters. The second-order valence-corrected chi connectivity index (χ2v) is 6.90. The average Bonchev–Trinajstić information content (AvgIpc) is 2.59. The van der Waals surface area contributed by atoms with Gasteiger partial charge in [0.05, 0.1) is 21.7 Å². The molecule has 0 spiro atoms. The van der Waals surface area contributed by atoms with Gasteiger partial charge >= 0.3 is 17.9 Å². The Morgan fingerprint density at radius 3 is 2.23 bits per heavy atom. The average molecular weight is 426 g/mol. The Kier molecular flexibility index (Phi) is 8.67. The summed E-state index contributed by atoms with van der Waals surface area (Å²) in [4.78, 5) is 34.6. The Labute approximate surface area is 166 Å². The van der Waals surface area contributed by atoms with Gasteiger partial charge in [-0.1, -0.05) is 62.0 Å². The van der Waals surface area contributed by atoms with Crippen molar-refractivity contribution in [2.75, 3.05) is 6.61 Å². The van der Waals surface area contributed by atoms with E-state index in [9.17, 15) is 14.4 Å². The number of benzene rings is 1. The van der Waals surface area contributed by atoms with Gasteiger partial charge in [-0.2, -0.15) is 0 Å². The molecular weight excluding hydrogens is 407 g/mol. The number of hydrogen-bond donors (Lipinski definition) is 1. The zero-order chi connectivity index (χ0) is 20.0. The van der Waals surface area contributed by atoms with Crippen LogP contribution in [0.2, 0.25) is 15.1 Å². The number of aliphatic carboxylic acids is 1. The summed E-state index contributed by atoms with van der Waals surface area (Å²) in [6.45, 7) is 6.18. The van der Waals surface area contributed by atoms with Crippen LogP contribution in [0.25, 0.3) is 0 Å². The summed E-state index contributed by atoms with van der Waals surface area (Å²) in [5.74, 6) is -4.43. The van der Waals surface area contributed by atoms with Crippen molar-refractivity contribution in [2.45, 2.75) is 33.6 Å². The van der Waals surface area contributed by atoms with Crippen LogP contribution in [0.3, 0.4) is 0 Å². The molecule has 144 valence electrons. The summed E-state index contributed by atoms with van der Waals surface area (Å²) in [6, 6.07) is 1.14. The normalized spacial score (nSPS) is 13.0. The largest absolute Gasteiger partial charge is 0.473 e. The zero-order valence-electron chi connectivity index (χ0n) is 14.5. The first-order chi connectivity index (χ1) is 12.1. The molecule has 2 atom stereocenters. The fraction of sp³-hybridized carbons (Fsp3) is 0.471. The Bertz CT molecular complexity index is 704. The molecule has 1 rings (SSSR count). The van der Waals surface area contributed by atoms with Crippen molar-refractivity contribution in [3.05, 3.63) is 26.7 Å². The van der Waals surface area contributed by atoms with Gasteiger partial charge < -0.3 is 14.6 Å². The summed E-state index contributed by atoms with van der Waals surface area (Å²) in [5, 5.41) is 8.14. The molecular formula is C17H19Cl3O6. The van der Waals surface area contributed by atoms with E-state index in [1.807, 2.05) is 20.8 Å². The molecule has 6 nitrogen and oxygen atoms in total. The summed E-state index contributed by atoms with van der Waals surface area (Å²) >= 11 is 17.9. The minimum atomic E-state index is -1.85. The molecule has 0 aliphatic carbocycles. The van der Waals surface area contributed by atoms with E-state index < -0.39 is 29.2 Å². The SMILES string of the molecule is CCC(C)C(CC)COC(=O)c1c(Cl)c(Cl)cc(Cl)c1OC(=O)C(=O)O. The van der Waals surface area contributed by atoms with Crippen molar-refractivity contribution in [1.29, 1.82) is 0 Å². The molecule has 26 heavy (non-hydrogen) atoms. The molecule has 1 N–H and O–H groups in total. The molecule has 0 heterocycles. The maximum absolute atomic E-state index is 12.5. The van der Waals surface area contributed by atoms with E-state index in [0.29, 0.717) is 5.92 Å². The number of carbonyl (C=O) groups is 3. The van der Waals surface area contributed by atoms with Gasteiger partial charge in [0.1, 0.15) is 5.56 Å². The molecule has 0 aliphatic rings. The van der Waals surface area contributed by atoms with Crippen molar-refractivity contribution in [3.8, 4) is 5.75 Å². The molecule has 0 bridgehead atoms. The lowest BCUT2D eigenvalue weighted by Gasteiger charge is -2.21. The molecule has 0 radical (unpaired) electrons. The second-order valence-electron chi connectivity index (χ2n) is 5.71. The van der Waals surface area contributed by atoms with E-state index in [1.165, 1.54) is 0 Å². The summed E-state index contributed by atoms with van der Waals surface area (Å²) < 4.78 is 9.98. The van der Waals surface area contributed by atoms with Crippen LogP contribution in [-0.2, 0) is 14.3 Å². The van der Waals surface area contributed by atoms with E-state index in [2.05, 4.69) is 4.74 Å². The summed E-state index contributed by atoms with van der Waals surface area (Å²) in [6.07, 6.45) is 1.72. The van der Waals surface area contributed by atoms with Crippen LogP contribution in [0, 0.1) is 11.8 Å². The van der Waals surface area contributed by atoms with Gasteiger partial charge in [0.15, 0.2) is 5.75 Å². The maximum Gasteiger partial charge on any atom is 0.422 e. The van der Waals surface area contributed by atoms with Gasteiger partial charge in [-0.3, -0.25) is 0 Å². The predicted molar refractivity (Wildman–Crippen MR) is 98.3 cm³/mol. The van der Waals surface area contributed by atoms with Crippen LogP contribution < -0.4 is 4.74 Å². The van der Waals surface area contributed by atoms with E-state index in [0.717, 1.165) is 18.9 Å². The molecule has 0 fully saturated rings. The Morgan fingerprint density at radius 2 is 1.73 bits per heavy atom. The fourth-order valence-electron chi connectivity index (χ4n) is 2.27. The third-order valence-electron chi connectivity index (χ3n) is 4.10. The fourth-order valence-corrected chi connectivity index (χ4v) is 2.99. The van der Waals surface area contributed by atoms with Crippen LogP contribution in [0.1, 0.15) is 44.0 Å². The third-order valence-corrected chi connectivity index (χ3v) is 5.17. The maximum atomic E-state index is 12.5. The van der Waals surface area contributed by atoms with Crippen molar-refractivity contribution in [2.24, 2.45) is 11.8 Å². The molecule has 1 aromatic rings. The zero-order valence-corrected chi connectivity index (χ0v) is 16.7. The smallest absolute Gasteiger partial charge is 0.422 e.